The first-order valence-corrected chi connectivity index (χ1v) is 36.7. The fourth-order valence-electron chi connectivity index (χ4n) is 22.7. The zero-order valence-electron chi connectivity index (χ0n) is 54.5. The Bertz CT molecular complexity index is 3150. The number of nitrogens with one attached hydrogen (secondary N) is 1. The average molecular weight is 1260 g/mol. The van der Waals surface area contributed by atoms with Crippen molar-refractivity contribution in [2.24, 2.45) is 87.0 Å². The highest BCUT2D eigenvalue weighted by Gasteiger charge is 2.63. The molecule has 0 radical (unpaired) electrons. The first-order chi connectivity index (χ1) is 42.1. The van der Waals surface area contributed by atoms with E-state index < -0.39 is 10.0 Å². The lowest BCUT2D eigenvalue weighted by atomic mass is 9.52. The zero-order chi connectivity index (χ0) is 61.7. The molecule has 4 heterocycles. The molecule has 0 bridgehead atoms. The van der Waals surface area contributed by atoms with Gasteiger partial charge in [0.25, 0.3) is 0 Å². The van der Waals surface area contributed by atoms with Crippen molar-refractivity contribution in [2.75, 3.05) is 19.3 Å². The molecule has 22 atom stereocenters. The molecule has 15 heteroatoms. The minimum Gasteiger partial charge on any atom is -0.445 e. The summed E-state index contributed by atoms with van der Waals surface area (Å²) in [4.78, 5) is 34.3. The van der Waals surface area contributed by atoms with Crippen molar-refractivity contribution < 1.29 is 37.0 Å². The molecule has 1 N–H and O–H groups in total. The van der Waals surface area contributed by atoms with Crippen LogP contribution in [0.25, 0.3) is 10.4 Å². The van der Waals surface area contributed by atoms with Crippen LogP contribution in [0.3, 0.4) is 0 Å². The highest BCUT2D eigenvalue weighted by molar-refractivity contribution is 7.88. The van der Waals surface area contributed by atoms with Crippen LogP contribution >= 0.6 is 0 Å². The molecule has 6 saturated carbocycles. The molecule has 14 rings (SSSR count). The van der Waals surface area contributed by atoms with Gasteiger partial charge in [0, 0.05) is 41.9 Å². The van der Waals surface area contributed by atoms with Gasteiger partial charge in [-0.25, -0.2) is 22.7 Å². The molecule has 0 aromatic heterocycles. The van der Waals surface area contributed by atoms with Crippen LogP contribution < -0.4 is 4.72 Å². The Labute approximate surface area is 541 Å². The Balaban J connectivity index is 0.000000181. The Morgan fingerprint density at radius 3 is 1.52 bits per heavy atom. The van der Waals surface area contributed by atoms with E-state index in [4.69, 9.17) is 24.5 Å². The van der Waals surface area contributed by atoms with Gasteiger partial charge >= 0.3 is 12.2 Å². The van der Waals surface area contributed by atoms with Crippen LogP contribution in [0.5, 0.6) is 0 Å². The van der Waals surface area contributed by atoms with Crippen molar-refractivity contribution in [3.05, 3.63) is 105 Å². The molecular weight excluding hydrogens is 1140 g/mol. The lowest BCUT2D eigenvalue weighted by Crippen LogP contribution is -2.54. The SMILES string of the molecule is C.C.CC1=C2C[C@H]3[C@@H](CC[C@@H]4C[C@H](N=[N+]=[N-])CC[C@@]43C)[C@@H]2CC[C@@]2(C1)O[C@@H]1C[C@H](C)CN(C(=O)OCc3ccccc3)[C@H]1[C@H]2C.CC1=C2C[C@H]3[C@@H](CC[C@@H]4C[C@H](NS(C)(=O)=O)CC[C@@]43C)[C@@H]2CC[C@@]2(C1)O[C@@H]1C[C@H](C)CN(C(=O)OCc3ccccc3)[C@H]1[C@H]2C. The number of hydrogen-bond acceptors (Lipinski definition) is 9. The molecular formula is C75H112N6O8S. The topological polar surface area (TPSA) is 172 Å². The predicted octanol–water partition coefficient (Wildman–Crippen LogP) is 17.2. The third-order valence-corrected chi connectivity index (χ3v) is 27.7. The number of sulfonamides is 1. The van der Waals surface area contributed by atoms with E-state index in [0.717, 1.165) is 107 Å². The van der Waals surface area contributed by atoms with Crippen LogP contribution in [0, 0.1) is 81.8 Å². The number of hydrogen-bond donors (Lipinski definition) is 1. The van der Waals surface area contributed by atoms with E-state index in [9.17, 15) is 18.0 Å². The average Bonchev–Trinajstić information content (AvgIpc) is 1.55. The van der Waals surface area contributed by atoms with Gasteiger partial charge in [0.2, 0.25) is 10.0 Å². The third-order valence-electron chi connectivity index (χ3n) is 27.0. The number of benzene rings is 2. The van der Waals surface area contributed by atoms with E-state index in [1.165, 1.54) is 69.6 Å². The van der Waals surface area contributed by atoms with Crippen molar-refractivity contribution in [3.63, 3.8) is 0 Å². The molecule has 10 fully saturated rings. The fraction of sp³-hybridized carbons (Fsp3) is 0.760. The lowest BCUT2D eigenvalue weighted by molar-refractivity contribution is -0.0803. The van der Waals surface area contributed by atoms with Gasteiger partial charge in [-0.05, 0) is 229 Å². The highest BCUT2D eigenvalue weighted by Crippen LogP contribution is 2.68. The van der Waals surface area contributed by atoms with E-state index in [2.05, 4.69) is 70.1 Å². The van der Waals surface area contributed by atoms with E-state index in [0.29, 0.717) is 71.4 Å². The second-order valence-corrected chi connectivity index (χ2v) is 33.6. The summed E-state index contributed by atoms with van der Waals surface area (Å²) in [5.41, 5.74) is 17.8. The van der Waals surface area contributed by atoms with Crippen LogP contribution in [-0.4, -0.2) is 97.3 Å². The van der Waals surface area contributed by atoms with Crippen LogP contribution in [0.4, 0.5) is 9.59 Å². The van der Waals surface area contributed by atoms with Crippen LogP contribution in [0.15, 0.2) is 88.1 Å². The normalized spacial score (nSPS) is 42.3. The quantitative estimate of drug-likeness (QED) is 0.123. The first-order valence-electron chi connectivity index (χ1n) is 34.8. The van der Waals surface area contributed by atoms with E-state index in [-0.39, 0.29) is 86.5 Å². The second kappa shape index (κ2) is 26.1. The van der Waals surface area contributed by atoms with Gasteiger partial charge in [-0.15, -0.1) is 0 Å². The van der Waals surface area contributed by atoms with Gasteiger partial charge in [0.05, 0.1) is 41.7 Å². The van der Waals surface area contributed by atoms with E-state index in [1.807, 2.05) is 70.5 Å². The number of carbonyl (C=O) groups excluding carboxylic acids is 2. The molecule has 12 aliphatic rings. The minimum absolute atomic E-state index is 0. The standard InChI is InChI=1S/C37H54N2O5S.C36H50N4O3.2CH4/c1-23-17-33-34(39(21-23)35(40)43-22-26-9-7-6-8-10-26)25(3)37(44-33)16-14-29-30-12-11-27-18-28(38-45(5,41)42)13-15-36(27,4)32(30)19-31(29)24(2)20-37;1-22-16-32-33(40(20-22)34(41)42-21-25-8-6-5-7-9-25)24(3)36(43-32)15-13-28-29-11-10-26-17-27(38-39-37)12-14-35(26,4)31(29)18-30(28)23(2)19-36;;/h6-10,23,25,27-30,32-34,38H,11-22H2,1-5H3;5-9,22,24,26-29,31-33H,10-21H2,1-4H3;2*1H4/t23-,25+,27+,28+,29-,30-,32-,33+,34-,36-,37-;22-,24+,26+,27+,28-,29-,31-,32+,33-,35-,36-;;/m00../s1. The monoisotopic (exact) mass is 1260 g/mol. The van der Waals surface area contributed by atoms with Gasteiger partial charge in [-0.2, -0.15) is 0 Å². The summed E-state index contributed by atoms with van der Waals surface area (Å²) >= 11 is 0. The van der Waals surface area contributed by atoms with Gasteiger partial charge in [-0.1, -0.05) is 144 Å². The molecule has 2 aromatic carbocycles. The minimum atomic E-state index is -3.18. The molecule has 4 aliphatic heterocycles. The maximum atomic E-state index is 13.6. The number of azide groups is 1. The number of piperidine rings is 2. The van der Waals surface area contributed by atoms with Crippen LogP contribution in [0.1, 0.15) is 210 Å². The van der Waals surface area contributed by atoms with Gasteiger partial charge in [-0.3, -0.25) is 0 Å². The van der Waals surface area contributed by atoms with Crippen molar-refractivity contribution in [1.82, 2.24) is 14.5 Å². The zero-order valence-corrected chi connectivity index (χ0v) is 55.4. The number of ether oxygens (including phenoxy) is 4. The highest BCUT2D eigenvalue weighted by atomic mass is 32.2. The summed E-state index contributed by atoms with van der Waals surface area (Å²) in [6.45, 7) is 21.1. The molecule has 496 valence electrons. The Morgan fingerprint density at radius 2 is 1.08 bits per heavy atom. The molecule has 8 aliphatic carbocycles. The first kappa shape index (κ1) is 67.0. The van der Waals surface area contributed by atoms with Crippen molar-refractivity contribution >= 4 is 22.2 Å². The predicted molar refractivity (Wildman–Crippen MR) is 356 cm³/mol. The second-order valence-electron chi connectivity index (χ2n) is 31.8. The number of nitrogens with zero attached hydrogens (tertiary/aromatic N) is 5. The molecule has 2 aromatic rings. The molecule has 0 unspecified atom stereocenters. The number of carbonyl (C=O) groups is 2. The maximum Gasteiger partial charge on any atom is 0.410 e. The van der Waals surface area contributed by atoms with Crippen molar-refractivity contribution in [2.45, 2.75) is 259 Å². The Hall–Kier alpha value is -4.40. The van der Waals surface area contributed by atoms with Gasteiger partial charge in [0.15, 0.2) is 0 Å². The van der Waals surface area contributed by atoms with Crippen LogP contribution in [0.2, 0.25) is 0 Å². The molecule has 90 heavy (non-hydrogen) atoms. The largest absolute Gasteiger partial charge is 0.445 e. The van der Waals surface area contributed by atoms with Gasteiger partial charge < -0.3 is 28.7 Å². The molecule has 4 saturated heterocycles. The maximum absolute atomic E-state index is 13.6. The lowest BCUT2D eigenvalue weighted by Gasteiger charge is -2.54. The number of allylic oxidation sites excluding steroid dienone is 2. The number of rotatable bonds is 7. The van der Waals surface area contributed by atoms with Gasteiger partial charge in [0.1, 0.15) is 13.2 Å². The molecule has 14 nitrogen and oxygen atoms in total. The number of likely N-dealkylation sites (tertiary alicyclic amines) is 2. The molecule has 2 amide bonds. The van der Waals surface area contributed by atoms with Crippen LogP contribution in [-0.2, 0) is 42.2 Å². The summed E-state index contributed by atoms with van der Waals surface area (Å²) in [5.74, 6) is 6.78. The smallest absolute Gasteiger partial charge is 0.410 e. The summed E-state index contributed by atoms with van der Waals surface area (Å²) in [6, 6.07) is 20.3. The third kappa shape index (κ3) is 12.3. The summed E-state index contributed by atoms with van der Waals surface area (Å²) in [6.07, 6.45) is 23.4. The van der Waals surface area contributed by atoms with Crippen molar-refractivity contribution in [3.8, 4) is 0 Å². The summed E-state index contributed by atoms with van der Waals surface area (Å²) in [7, 11) is -3.18. The summed E-state index contributed by atoms with van der Waals surface area (Å²) in [5, 5.41) is 4.14. The number of amides is 2. The van der Waals surface area contributed by atoms with Crippen molar-refractivity contribution in [1.29, 1.82) is 0 Å². The summed E-state index contributed by atoms with van der Waals surface area (Å²) < 4.78 is 53.0. The van der Waals surface area contributed by atoms with E-state index >= 15 is 0 Å². The Kier molecular flexibility index (Phi) is 19.4. The fourth-order valence-corrected chi connectivity index (χ4v) is 23.5. The number of fused-ring (bicyclic) bond motifs is 12. The Morgan fingerprint density at radius 1 is 0.633 bits per heavy atom. The van der Waals surface area contributed by atoms with E-state index in [1.54, 1.807) is 16.7 Å². The molecule has 2 spiro atoms.